The predicted molar refractivity (Wildman–Crippen MR) is 85.3 cm³/mol. The van der Waals surface area contributed by atoms with Crippen LogP contribution in [-0.2, 0) is 14.2 Å². The summed E-state index contributed by atoms with van der Waals surface area (Å²) in [5, 5.41) is 0. The van der Waals surface area contributed by atoms with Gasteiger partial charge in [0, 0.05) is 31.0 Å². The van der Waals surface area contributed by atoms with Gasteiger partial charge in [0.05, 0.1) is 25.6 Å². The Kier molecular flexibility index (Phi) is 7.36. The van der Waals surface area contributed by atoms with Crippen molar-refractivity contribution < 1.29 is 14.2 Å². The standard InChI is InChI=1S/C17H26N2O3/c1-3-5-9-19-13-16(14-21-11-10-20-4-2)22-17(19)15-7-6-8-18-12-15/h4,6-8,12,16-17H,2-3,5,9-11,13-14H2,1H3. The van der Waals surface area contributed by atoms with E-state index in [1.54, 1.807) is 6.20 Å². The molecule has 0 bridgehead atoms. The maximum atomic E-state index is 6.16. The average molecular weight is 306 g/mol. The monoisotopic (exact) mass is 306 g/mol. The molecular weight excluding hydrogens is 280 g/mol. The van der Waals surface area contributed by atoms with Gasteiger partial charge < -0.3 is 14.2 Å². The van der Waals surface area contributed by atoms with Crippen LogP contribution in [0, 0.1) is 0 Å². The van der Waals surface area contributed by atoms with Crippen LogP contribution in [0.3, 0.4) is 0 Å². The second kappa shape index (κ2) is 9.56. The number of hydrogen-bond acceptors (Lipinski definition) is 5. The summed E-state index contributed by atoms with van der Waals surface area (Å²) in [7, 11) is 0. The number of ether oxygens (including phenoxy) is 3. The van der Waals surface area contributed by atoms with Crippen LogP contribution < -0.4 is 0 Å². The van der Waals surface area contributed by atoms with E-state index in [1.165, 1.54) is 19.1 Å². The van der Waals surface area contributed by atoms with Crippen molar-refractivity contribution in [1.29, 1.82) is 0 Å². The molecule has 0 saturated carbocycles. The molecule has 1 aromatic heterocycles. The SMILES string of the molecule is C=COCCOCC1CN(CCCC)C(c2cccnc2)O1. The highest BCUT2D eigenvalue weighted by atomic mass is 16.6. The molecular formula is C17H26N2O3. The van der Waals surface area contributed by atoms with Gasteiger partial charge in [-0.15, -0.1) is 0 Å². The molecule has 2 heterocycles. The van der Waals surface area contributed by atoms with Crippen LogP contribution in [0.15, 0.2) is 37.4 Å². The van der Waals surface area contributed by atoms with Crippen molar-refractivity contribution in [2.75, 3.05) is 32.9 Å². The summed E-state index contributed by atoms with van der Waals surface area (Å²) in [6, 6.07) is 4.02. The molecule has 2 rings (SSSR count). The van der Waals surface area contributed by atoms with Gasteiger partial charge in [-0.3, -0.25) is 9.88 Å². The number of unbranched alkanes of at least 4 members (excludes halogenated alkanes) is 1. The Balaban J connectivity index is 1.86. The Labute approximate surface area is 132 Å². The van der Waals surface area contributed by atoms with Crippen molar-refractivity contribution in [2.45, 2.75) is 32.1 Å². The minimum Gasteiger partial charge on any atom is -0.499 e. The van der Waals surface area contributed by atoms with Crippen LogP contribution in [-0.4, -0.2) is 48.9 Å². The molecule has 0 amide bonds. The third kappa shape index (κ3) is 5.09. The Morgan fingerprint density at radius 3 is 3.14 bits per heavy atom. The molecule has 0 N–H and O–H groups in total. The van der Waals surface area contributed by atoms with Crippen molar-refractivity contribution >= 4 is 0 Å². The molecule has 0 aliphatic carbocycles. The molecule has 122 valence electrons. The fourth-order valence-corrected chi connectivity index (χ4v) is 2.55. The molecule has 2 unspecified atom stereocenters. The zero-order chi connectivity index (χ0) is 15.6. The number of nitrogens with zero attached hydrogens (tertiary/aromatic N) is 2. The quantitative estimate of drug-likeness (QED) is 0.491. The topological polar surface area (TPSA) is 43.8 Å². The Bertz CT molecular complexity index is 427. The van der Waals surface area contributed by atoms with Crippen molar-refractivity contribution in [2.24, 2.45) is 0 Å². The second-order valence-corrected chi connectivity index (χ2v) is 5.36. The van der Waals surface area contributed by atoms with Crippen molar-refractivity contribution in [3.63, 3.8) is 0 Å². The van der Waals surface area contributed by atoms with E-state index in [1.807, 2.05) is 12.3 Å². The van der Waals surface area contributed by atoms with Gasteiger partial charge in [-0.25, -0.2) is 0 Å². The summed E-state index contributed by atoms with van der Waals surface area (Å²) in [5.74, 6) is 0. The summed E-state index contributed by atoms with van der Waals surface area (Å²) in [5.41, 5.74) is 1.11. The molecule has 2 atom stereocenters. The molecule has 0 radical (unpaired) electrons. The van der Waals surface area contributed by atoms with Gasteiger partial charge in [0.2, 0.25) is 0 Å². The smallest absolute Gasteiger partial charge is 0.138 e. The van der Waals surface area contributed by atoms with Crippen LogP contribution in [0.1, 0.15) is 31.6 Å². The second-order valence-electron chi connectivity index (χ2n) is 5.36. The lowest BCUT2D eigenvalue weighted by Gasteiger charge is -2.22. The molecule has 1 aromatic rings. The first-order chi connectivity index (χ1) is 10.8. The molecule has 5 nitrogen and oxygen atoms in total. The fraction of sp³-hybridized carbons (Fsp3) is 0.588. The molecule has 1 aliphatic heterocycles. The maximum absolute atomic E-state index is 6.16. The largest absolute Gasteiger partial charge is 0.499 e. The van der Waals surface area contributed by atoms with Gasteiger partial charge >= 0.3 is 0 Å². The highest BCUT2D eigenvalue weighted by molar-refractivity contribution is 5.13. The van der Waals surface area contributed by atoms with E-state index >= 15 is 0 Å². The summed E-state index contributed by atoms with van der Waals surface area (Å²) in [4.78, 5) is 6.57. The molecule has 0 spiro atoms. The molecule has 5 heteroatoms. The lowest BCUT2D eigenvalue weighted by atomic mass is 10.2. The number of pyridine rings is 1. The van der Waals surface area contributed by atoms with E-state index in [9.17, 15) is 0 Å². The van der Waals surface area contributed by atoms with Gasteiger partial charge in [0.15, 0.2) is 0 Å². The van der Waals surface area contributed by atoms with E-state index in [4.69, 9.17) is 14.2 Å². The van der Waals surface area contributed by atoms with E-state index in [0.29, 0.717) is 19.8 Å². The van der Waals surface area contributed by atoms with Gasteiger partial charge in [0.25, 0.3) is 0 Å². The van der Waals surface area contributed by atoms with Gasteiger partial charge in [-0.2, -0.15) is 0 Å². The highest BCUT2D eigenvalue weighted by Crippen LogP contribution is 2.30. The van der Waals surface area contributed by atoms with Crippen LogP contribution >= 0.6 is 0 Å². The maximum Gasteiger partial charge on any atom is 0.138 e. The fourth-order valence-electron chi connectivity index (χ4n) is 2.55. The lowest BCUT2D eigenvalue weighted by Crippen LogP contribution is -2.27. The van der Waals surface area contributed by atoms with Crippen LogP contribution in [0.4, 0.5) is 0 Å². The summed E-state index contributed by atoms with van der Waals surface area (Å²) < 4.78 is 16.8. The Morgan fingerprint density at radius 2 is 2.41 bits per heavy atom. The summed E-state index contributed by atoms with van der Waals surface area (Å²) >= 11 is 0. The zero-order valence-corrected chi connectivity index (χ0v) is 13.3. The Morgan fingerprint density at radius 1 is 1.50 bits per heavy atom. The van der Waals surface area contributed by atoms with Crippen molar-refractivity contribution in [3.05, 3.63) is 42.9 Å². The minimum absolute atomic E-state index is 0.0155. The van der Waals surface area contributed by atoms with E-state index < -0.39 is 0 Å². The highest BCUT2D eigenvalue weighted by Gasteiger charge is 2.33. The third-order valence-electron chi connectivity index (χ3n) is 3.63. The third-order valence-corrected chi connectivity index (χ3v) is 3.63. The zero-order valence-electron chi connectivity index (χ0n) is 13.3. The van der Waals surface area contributed by atoms with Gasteiger partial charge in [-0.05, 0) is 12.5 Å². The normalized spacial score (nSPS) is 21.9. The number of aromatic nitrogens is 1. The predicted octanol–water partition coefficient (Wildman–Crippen LogP) is 2.76. The minimum atomic E-state index is -0.0155. The molecule has 22 heavy (non-hydrogen) atoms. The van der Waals surface area contributed by atoms with E-state index in [0.717, 1.165) is 18.7 Å². The van der Waals surface area contributed by atoms with Crippen LogP contribution in [0.25, 0.3) is 0 Å². The van der Waals surface area contributed by atoms with Crippen molar-refractivity contribution in [1.82, 2.24) is 9.88 Å². The van der Waals surface area contributed by atoms with Crippen LogP contribution in [0.2, 0.25) is 0 Å². The average Bonchev–Trinajstić information content (AvgIpc) is 2.96. The van der Waals surface area contributed by atoms with Crippen molar-refractivity contribution in [3.8, 4) is 0 Å². The van der Waals surface area contributed by atoms with E-state index in [2.05, 4.69) is 29.5 Å². The van der Waals surface area contributed by atoms with Gasteiger partial charge in [0.1, 0.15) is 12.8 Å². The number of rotatable bonds is 10. The summed E-state index contributed by atoms with van der Waals surface area (Å²) in [6.45, 7) is 9.30. The first kappa shape index (κ1) is 16.9. The molecule has 1 saturated heterocycles. The number of hydrogen-bond donors (Lipinski definition) is 0. The van der Waals surface area contributed by atoms with Gasteiger partial charge in [-0.1, -0.05) is 26.0 Å². The Hall–Kier alpha value is -1.43. The molecule has 1 aliphatic rings. The molecule has 1 fully saturated rings. The first-order valence-electron chi connectivity index (χ1n) is 7.94. The van der Waals surface area contributed by atoms with Crippen LogP contribution in [0.5, 0.6) is 0 Å². The molecule has 0 aromatic carbocycles. The lowest BCUT2D eigenvalue weighted by molar-refractivity contribution is -0.0399. The first-order valence-corrected chi connectivity index (χ1v) is 7.94. The van der Waals surface area contributed by atoms with E-state index in [-0.39, 0.29) is 12.3 Å². The summed E-state index contributed by atoms with van der Waals surface area (Å²) in [6.07, 6.45) is 7.52.